The first-order valence-corrected chi connectivity index (χ1v) is 8.73. The van der Waals surface area contributed by atoms with Gasteiger partial charge in [0.05, 0.1) is 10.9 Å². The number of carbonyl (C=O) groups is 1. The highest BCUT2D eigenvalue weighted by Gasteiger charge is 2.17. The molecular weight excluding hydrogens is 372 g/mol. The second-order valence-electron chi connectivity index (χ2n) is 5.68. The van der Waals surface area contributed by atoms with Crippen LogP contribution in [0.5, 0.6) is 0 Å². The van der Waals surface area contributed by atoms with Gasteiger partial charge in [0.25, 0.3) is 11.5 Å². The van der Waals surface area contributed by atoms with Gasteiger partial charge in [-0.2, -0.15) is 0 Å². The van der Waals surface area contributed by atoms with E-state index in [1.54, 1.807) is 0 Å². The standard InChI is InChI=1S/C19H11F2N3O2S/c20-12-6-7-15(21)13(8-12)17(25)23-24-10-22-18-16(19(24)26)14(9-27-18)11-4-2-1-3-5-11/h1-10H,(H,23,25). The molecule has 2 aromatic carbocycles. The molecule has 4 rings (SSSR count). The molecule has 8 heteroatoms. The number of aromatic nitrogens is 2. The third-order valence-corrected chi connectivity index (χ3v) is 4.86. The lowest BCUT2D eigenvalue weighted by Crippen LogP contribution is -2.33. The fraction of sp³-hybridized carbons (Fsp3) is 0. The van der Waals surface area contributed by atoms with Crippen LogP contribution in [0.1, 0.15) is 10.4 Å². The maximum atomic E-state index is 13.8. The predicted molar refractivity (Wildman–Crippen MR) is 99.4 cm³/mol. The molecule has 0 unspecified atom stereocenters. The van der Waals surface area contributed by atoms with Gasteiger partial charge in [-0.05, 0) is 23.8 Å². The smallest absolute Gasteiger partial charge is 0.267 e. The lowest BCUT2D eigenvalue weighted by molar-refractivity contribution is 0.100. The molecule has 4 aromatic rings. The Labute approximate surface area is 155 Å². The summed E-state index contributed by atoms with van der Waals surface area (Å²) in [6.45, 7) is 0. The molecule has 0 aliphatic carbocycles. The maximum Gasteiger partial charge on any atom is 0.281 e. The lowest BCUT2D eigenvalue weighted by Gasteiger charge is -2.09. The number of benzene rings is 2. The minimum atomic E-state index is -0.952. The quantitative estimate of drug-likeness (QED) is 0.586. The Morgan fingerprint density at radius 3 is 2.67 bits per heavy atom. The Morgan fingerprint density at radius 1 is 1.11 bits per heavy atom. The molecule has 0 saturated carbocycles. The molecule has 1 N–H and O–H groups in total. The van der Waals surface area contributed by atoms with Crippen molar-refractivity contribution in [3.8, 4) is 11.1 Å². The summed E-state index contributed by atoms with van der Waals surface area (Å²) in [6.07, 6.45) is 1.14. The normalized spacial score (nSPS) is 10.9. The van der Waals surface area contributed by atoms with Crippen LogP contribution in [0.25, 0.3) is 21.3 Å². The van der Waals surface area contributed by atoms with Crippen molar-refractivity contribution in [2.24, 2.45) is 0 Å². The number of amides is 1. The van der Waals surface area contributed by atoms with E-state index < -0.39 is 28.7 Å². The average molecular weight is 383 g/mol. The van der Waals surface area contributed by atoms with Crippen LogP contribution < -0.4 is 11.0 Å². The third kappa shape index (κ3) is 3.11. The second-order valence-corrected chi connectivity index (χ2v) is 6.54. The number of hydrogen-bond donors (Lipinski definition) is 1. The van der Waals surface area contributed by atoms with Crippen molar-refractivity contribution in [1.82, 2.24) is 9.66 Å². The molecule has 0 aliphatic heterocycles. The van der Waals surface area contributed by atoms with Gasteiger partial charge in [0, 0.05) is 10.9 Å². The predicted octanol–water partition coefficient (Wildman–Crippen LogP) is 3.79. The van der Waals surface area contributed by atoms with Crippen LogP contribution in [0, 0.1) is 11.6 Å². The van der Waals surface area contributed by atoms with Crippen molar-refractivity contribution in [1.29, 1.82) is 0 Å². The van der Waals surface area contributed by atoms with Crippen LogP contribution >= 0.6 is 11.3 Å². The summed E-state index contributed by atoms with van der Waals surface area (Å²) in [4.78, 5) is 29.8. The number of nitrogens with one attached hydrogen (secondary N) is 1. The Hall–Kier alpha value is -3.39. The highest BCUT2D eigenvalue weighted by molar-refractivity contribution is 7.17. The number of fused-ring (bicyclic) bond motifs is 1. The summed E-state index contributed by atoms with van der Waals surface area (Å²) < 4.78 is 28.0. The maximum absolute atomic E-state index is 13.8. The molecule has 0 atom stereocenters. The zero-order chi connectivity index (χ0) is 19.0. The second kappa shape index (κ2) is 6.73. The number of hydrogen-bond acceptors (Lipinski definition) is 4. The summed E-state index contributed by atoms with van der Waals surface area (Å²) in [5.74, 6) is -2.60. The largest absolute Gasteiger partial charge is 0.281 e. The van der Waals surface area contributed by atoms with Gasteiger partial charge in [-0.25, -0.2) is 18.4 Å². The third-order valence-electron chi connectivity index (χ3n) is 3.97. The number of carbonyl (C=O) groups excluding carboxylic acids is 1. The summed E-state index contributed by atoms with van der Waals surface area (Å²) in [7, 11) is 0. The molecule has 0 radical (unpaired) electrons. The van der Waals surface area contributed by atoms with Crippen molar-refractivity contribution in [2.45, 2.75) is 0 Å². The fourth-order valence-electron chi connectivity index (χ4n) is 2.68. The van der Waals surface area contributed by atoms with Gasteiger partial charge in [0.15, 0.2) is 0 Å². The van der Waals surface area contributed by atoms with Crippen molar-refractivity contribution >= 4 is 27.5 Å². The van der Waals surface area contributed by atoms with Gasteiger partial charge in [0.1, 0.15) is 22.8 Å². The molecule has 0 saturated heterocycles. The van der Waals surface area contributed by atoms with Crippen molar-refractivity contribution in [3.63, 3.8) is 0 Å². The van der Waals surface area contributed by atoms with Crippen LogP contribution in [-0.2, 0) is 0 Å². The Bertz CT molecular complexity index is 1220. The van der Waals surface area contributed by atoms with E-state index in [1.165, 1.54) is 11.3 Å². The highest BCUT2D eigenvalue weighted by Crippen LogP contribution is 2.30. The number of thiophene rings is 1. The molecule has 0 aliphatic rings. The van der Waals surface area contributed by atoms with E-state index in [0.717, 1.165) is 34.8 Å². The molecule has 0 bridgehead atoms. The Balaban J connectivity index is 1.77. The fourth-order valence-corrected chi connectivity index (χ4v) is 3.59. The van der Waals surface area contributed by atoms with Crippen molar-refractivity contribution in [3.05, 3.63) is 87.8 Å². The summed E-state index contributed by atoms with van der Waals surface area (Å²) in [6, 6.07) is 11.8. The van der Waals surface area contributed by atoms with Gasteiger partial charge >= 0.3 is 0 Å². The molecule has 0 spiro atoms. The van der Waals surface area contributed by atoms with Gasteiger partial charge in [-0.3, -0.25) is 15.0 Å². The van der Waals surface area contributed by atoms with Gasteiger partial charge < -0.3 is 0 Å². The van der Waals surface area contributed by atoms with Crippen molar-refractivity contribution < 1.29 is 13.6 Å². The zero-order valence-corrected chi connectivity index (χ0v) is 14.5. The lowest BCUT2D eigenvalue weighted by atomic mass is 10.1. The van der Waals surface area contributed by atoms with E-state index >= 15 is 0 Å². The van der Waals surface area contributed by atoms with E-state index in [0.29, 0.717) is 15.8 Å². The number of rotatable bonds is 3. The van der Waals surface area contributed by atoms with Crippen molar-refractivity contribution in [2.75, 3.05) is 5.43 Å². The number of nitrogens with zero attached hydrogens (tertiary/aromatic N) is 2. The summed E-state index contributed by atoms with van der Waals surface area (Å²) >= 11 is 1.30. The first-order chi connectivity index (χ1) is 13.0. The first kappa shape index (κ1) is 17.0. The molecule has 2 aromatic heterocycles. The van der Waals surface area contributed by atoms with Crippen LogP contribution in [-0.4, -0.2) is 15.6 Å². The summed E-state index contributed by atoms with van der Waals surface area (Å²) in [5.41, 5.74) is 2.77. The Morgan fingerprint density at radius 2 is 1.89 bits per heavy atom. The van der Waals surface area contributed by atoms with Crippen LogP contribution in [0.15, 0.2) is 65.0 Å². The number of halogens is 2. The molecule has 2 heterocycles. The highest BCUT2D eigenvalue weighted by atomic mass is 32.1. The van der Waals surface area contributed by atoms with E-state index in [2.05, 4.69) is 10.4 Å². The molecule has 1 amide bonds. The monoisotopic (exact) mass is 383 g/mol. The van der Waals surface area contributed by atoms with E-state index in [9.17, 15) is 18.4 Å². The van der Waals surface area contributed by atoms with Crippen LogP contribution in [0.4, 0.5) is 8.78 Å². The van der Waals surface area contributed by atoms with Crippen LogP contribution in [0.3, 0.4) is 0 Å². The Kier molecular flexibility index (Phi) is 4.25. The average Bonchev–Trinajstić information content (AvgIpc) is 3.11. The SMILES string of the molecule is O=C(Nn1cnc2scc(-c3ccccc3)c2c1=O)c1cc(F)ccc1F. The molecular formula is C19H11F2N3O2S. The minimum absolute atomic E-state index is 0.341. The molecule has 0 fully saturated rings. The summed E-state index contributed by atoms with van der Waals surface area (Å²) in [5, 5.41) is 2.15. The molecule has 5 nitrogen and oxygen atoms in total. The molecule has 134 valence electrons. The van der Waals surface area contributed by atoms with Crippen LogP contribution in [0.2, 0.25) is 0 Å². The van der Waals surface area contributed by atoms with Gasteiger partial charge in [-0.1, -0.05) is 30.3 Å². The van der Waals surface area contributed by atoms with Gasteiger partial charge in [-0.15, -0.1) is 11.3 Å². The molecule has 27 heavy (non-hydrogen) atoms. The topological polar surface area (TPSA) is 64.0 Å². The van der Waals surface area contributed by atoms with E-state index in [4.69, 9.17) is 0 Å². The van der Waals surface area contributed by atoms with Gasteiger partial charge in [0.2, 0.25) is 0 Å². The first-order valence-electron chi connectivity index (χ1n) is 7.85. The zero-order valence-electron chi connectivity index (χ0n) is 13.6. The van der Waals surface area contributed by atoms with E-state index in [-0.39, 0.29) is 0 Å². The van der Waals surface area contributed by atoms with E-state index in [1.807, 2.05) is 35.7 Å². The minimum Gasteiger partial charge on any atom is -0.267 e.